The third-order valence-electron chi connectivity index (χ3n) is 5.33. The van der Waals surface area contributed by atoms with Crippen LogP contribution in [0, 0.1) is 10.1 Å². The van der Waals surface area contributed by atoms with Crippen LogP contribution in [0.5, 0.6) is 11.5 Å². The molecule has 9 heteroatoms. The summed E-state index contributed by atoms with van der Waals surface area (Å²) in [6.45, 7) is 0. The second-order valence-corrected chi connectivity index (χ2v) is 6.87. The number of methoxy groups -OCH3 is 2. The van der Waals surface area contributed by atoms with Crippen molar-refractivity contribution >= 4 is 5.69 Å². The Morgan fingerprint density at radius 1 is 1.25 bits per heavy atom. The first-order chi connectivity index (χ1) is 13.5. The van der Waals surface area contributed by atoms with Crippen LogP contribution in [0.1, 0.15) is 29.2 Å². The van der Waals surface area contributed by atoms with Crippen LogP contribution in [0.15, 0.2) is 24.4 Å². The van der Waals surface area contributed by atoms with E-state index in [0.29, 0.717) is 11.4 Å². The molecule has 0 saturated heterocycles. The fraction of sp³-hybridized carbons (Fsp3) is 0.368. The zero-order valence-electron chi connectivity index (χ0n) is 15.9. The van der Waals surface area contributed by atoms with Gasteiger partial charge in [0.25, 0.3) is 0 Å². The van der Waals surface area contributed by atoms with Crippen molar-refractivity contribution < 1.29 is 14.4 Å². The van der Waals surface area contributed by atoms with Crippen molar-refractivity contribution in [3.8, 4) is 22.9 Å². The first-order valence-corrected chi connectivity index (χ1v) is 8.97. The lowest BCUT2D eigenvalue weighted by Crippen LogP contribution is -2.13. The number of benzene rings is 1. The third kappa shape index (κ3) is 2.98. The Balaban J connectivity index is 1.68. The molecular weight excluding hydrogens is 362 g/mol. The van der Waals surface area contributed by atoms with E-state index in [1.54, 1.807) is 21.3 Å². The largest absolute Gasteiger partial charge is 0.497 e. The van der Waals surface area contributed by atoms with Gasteiger partial charge in [-0.3, -0.25) is 19.9 Å². The Morgan fingerprint density at radius 2 is 1.96 bits per heavy atom. The molecule has 0 bridgehead atoms. The SMILES string of the molecule is COc1cc(OC)cc(C2CCc3c(-c4c([N+](=O)[O-])cnn4C)n[nH]c3C2)c1. The molecule has 1 aliphatic rings. The van der Waals surface area contributed by atoms with Gasteiger partial charge < -0.3 is 9.47 Å². The molecule has 1 aliphatic carbocycles. The Labute approximate surface area is 161 Å². The van der Waals surface area contributed by atoms with Crippen LogP contribution >= 0.6 is 0 Å². The van der Waals surface area contributed by atoms with Crippen LogP contribution in [0.2, 0.25) is 0 Å². The first-order valence-electron chi connectivity index (χ1n) is 8.97. The smallest absolute Gasteiger partial charge is 0.316 e. The maximum Gasteiger partial charge on any atom is 0.316 e. The van der Waals surface area contributed by atoms with Gasteiger partial charge in [0.1, 0.15) is 23.4 Å². The summed E-state index contributed by atoms with van der Waals surface area (Å²) in [5, 5.41) is 22.9. The number of nitrogens with zero attached hydrogens (tertiary/aromatic N) is 4. The van der Waals surface area contributed by atoms with E-state index in [1.165, 1.54) is 10.9 Å². The fourth-order valence-corrected chi connectivity index (χ4v) is 3.89. The van der Waals surface area contributed by atoms with Crippen molar-refractivity contribution in [1.82, 2.24) is 20.0 Å². The van der Waals surface area contributed by atoms with Gasteiger partial charge in [-0.2, -0.15) is 10.2 Å². The van der Waals surface area contributed by atoms with E-state index in [4.69, 9.17) is 9.47 Å². The van der Waals surface area contributed by atoms with Gasteiger partial charge >= 0.3 is 5.69 Å². The summed E-state index contributed by atoms with van der Waals surface area (Å²) in [5.41, 5.74) is 4.19. The highest BCUT2D eigenvalue weighted by atomic mass is 16.6. The van der Waals surface area contributed by atoms with E-state index in [0.717, 1.165) is 47.6 Å². The van der Waals surface area contributed by atoms with Crippen molar-refractivity contribution in [2.45, 2.75) is 25.2 Å². The summed E-state index contributed by atoms with van der Waals surface area (Å²) >= 11 is 0. The molecule has 1 aromatic carbocycles. The average molecular weight is 383 g/mol. The molecule has 1 unspecified atom stereocenters. The van der Waals surface area contributed by atoms with E-state index >= 15 is 0 Å². The molecule has 2 heterocycles. The van der Waals surface area contributed by atoms with Gasteiger partial charge in [-0.25, -0.2) is 0 Å². The summed E-state index contributed by atoms with van der Waals surface area (Å²) in [4.78, 5) is 10.9. The predicted octanol–water partition coefficient (Wildman–Crippen LogP) is 3.01. The highest BCUT2D eigenvalue weighted by Gasteiger charge is 2.30. The maximum atomic E-state index is 11.3. The summed E-state index contributed by atoms with van der Waals surface area (Å²) in [6, 6.07) is 5.91. The molecule has 0 amide bonds. The number of nitrogens with one attached hydrogen (secondary N) is 1. The Bertz CT molecular complexity index is 1020. The number of aromatic amines is 1. The van der Waals surface area contributed by atoms with Gasteiger partial charge in [0.2, 0.25) is 0 Å². The monoisotopic (exact) mass is 383 g/mol. The van der Waals surface area contributed by atoms with E-state index in [2.05, 4.69) is 15.3 Å². The van der Waals surface area contributed by atoms with Crippen LogP contribution in [-0.4, -0.2) is 39.1 Å². The molecule has 146 valence electrons. The Hall–Kier alpha value is -3.36. The molecule has 0 radical (unpaired) electrons. The number of ether oxygens (including phenoxy) is 2. The van der Waals surface area contributed by atoms with Crippen LogP contribution < -0.4 is 9.47 Å². The molecule has 0 fully saturated rings. The summed E-state index contributed by atoms with van der Waals surface area (Å²) in [5.74, 6) is 1.80. The number of fused-ring (bicyclic) bond motifs is 1. The molecule has 0 saturated carbocycles. The van der Waals surface area contributed by atoms with Crippen LogP contribution in [0.3, 0.4) is 0 Å². The maximum absolute atomic E-state index is 11.3. The molecular formula is C19H21N5O4. The predicted molar refractivity (Wildman–Crippen MR) is 102 cm³/mol. The van der Waals surface area contributed by atoms with Gasteiger partial charge in [-0.15, -0.1) is 0 Å². The van der Waals surface area contributed by atoms with Gasteiger partial charge in [-0.1, -0.05) is 0 Å². The van der Waals surface area contributed by atoms with Gasteiger partial charge in [-0.05, 0) is 42.9 Å². The molecule has 0 aliphatic heterocycles. The second-order valence-electron chi connectivity index (χ2n) is 6.87. The molecule has 9 nitrogen and oxygen atoms in total. The van der Waals surface area contributed by atoms with Crippen molar-refractivity contribution in [2.75, 3.05) is 14.2 Å². The van der Waals surface area contributed by atoms with Crippen LogP contribution in [-0.2, 0) is 19.9 Å². The van der Waals surface area contributed by atoms with Crippen molar-refractivity contribution in [1.29, 1.82) is 0 Å². The molecule has 3 aromatic rings. The normalized spacial score (nSPS) is 15.9. The highest BCUT2D eigenvalue weighted by Crippen LogP contribution is 2.40. The van der Waals surface area contributed by atoms with Gasteiger partial charge in [0.05, 0.1) is 19.1 Å². The lowest BCUT2D eigenvalue weighted by Gasteiger charge is -2.23. The van der Waals surface area contributed by atoms with Crippen molar-refractivity contribution in [2.24, 2.45) is 7.05 Å². The summed E-state index contributed by atoms with van der Waals surface area (Å²) in [6.07, 6.45) is 3.71. The minimum absolute atomic E-state index is 0.0311. The second kappa shape index (κ2) is 6.99. The number of hydrogen-bond acceptors (Lipinski definition) is 6. The topological polar surface area (TPSA) is 108 Å². The Kier molecular flexibility index (Phi) is 4.50. The fourth-order valence-electron chi connectivity index (χ4n) is 3.89. The zero-order valence-corrected chi connectivity index (χ0v) is 15.9. The minimum Gasteiger partial charge on any atom is -0.497 e. The highest BCUT2D eigenvalue weighted by molar-refractivity contribution is 5.70. The summed E-state index contributed by atoms with van der Waals surface area (Å²) < 4.78 is 12.3. The van der Waals surface area contributed by atoms with E-state index in [9.17, 15) is 10.1 Å². The number of nitro groups is 1. The van der Waals surface area contributed by atoms with Crippen molar-refractivity contribution in [3.63, 3.8) is 0 Å². The number of H-pyrrole nitrogens is 1. The van der Waals surface area contributed by atoms with Gasteiger partial charge in [0, 0.05) is 24.4 Å². The lowest BCUT2D eigenvalue weighted by atomic mass is 9.82. The van der Waals surface area contributed by atoms with Gasteiger partial charge in [0.15, 0.2) is 5.69 Å². The quantitative estimate of drug-likeness (QED) is 0.536. The molecule has 4 rings (SSSR count). The number of aromatic nitrogens is 4. The molecule has 0 spiro atoms. The van der Waals surface area contributed by atoms with E-state index < -0.39 is 4.92 Å². The molecule has 2 aromatic heterocycles. The van der Waals surface area contributed by atoms with E-state index in [-0.39, 0.29) is 11.6 Å². The zero-order chi connectivity index (χ0) is 19.8. The lowest BCUT2D eigenvalue weighted by molar-refractivity contribution is -0.384. The minimum atomic E-state index is -0.419. The number of rotatable bonds is 5. The molecule has 28 heavy (non-hydrogen) atoms. The van der Waals surface area contributed by atoms with Crippen LogP contribution in [0.4, 0.5) is 5.69 Å². The first kappa shape index (κ1) is 18.0. The standard InChI is InChI=1S/C19H21N5O4/c1-23-19(17(10-20-23)24(25)26)18-15-5-4-11(8-16(15)21-22-18)12-6-13(27-2)9-14(7-12)28-3/h6-7,9-11H,4-5,8H2,1-3H3,(H,21,22). The van der Waals surface area contributed by atoms with Crippen LogP contribution in [0.25, 0.3) is 11.4 Å². The molecule has 1 atom stereocenters. The van der Waals surface area contributed by atoms with E-state index in [1.807, 2.05) is 18.2 Å². The number of aryl methyl sites for hydroxylation is 1. The number of hydrogen-bond donors (Lipinski definition) is 1. The average Bonchev–Trinajstić information content (AvgIpc) is 3.29. The van der Waals surface area contributed by atoms with Crippen molar-refractivity contribution in [3.05, 3.63) is 51.3 Å². The molecule has 1 N–H and O–H groups in total. The summed E-state index contributed by atoms with van der Waals surface area (Å²) in [7, 11) is 4.97. The third-order valence-corrected chi connectivity index (χ3v) is 5.33. The Morgan fingerprint density at radius 3 is 2.61 bits per heavy atom.